The van der Waals surface area contributed by atoms with Crippen molar-refractivity contribution >= 4 is 23.2 Å². The number of rotatable bonds is 3. The quantitative estimate of drug-likeness (QED) is 0.521. The third-order valence-electron chi connectivity index (χ3n) is 4.32. The fourth-order valence-electron chi connectivity index (χ4n) is 2.97. The summed E-state index contributed by atoms with van der Waals surface area (Å²) in [6.07, 6.45) is 8.33. The second-order valence-corrected chi connectivity index (χ2v) is 6.70. The molecule has 1 amide bonds. The number of hydrogen-bond acceptors (Lipinski definition) is 5. The molecule has 2 N–H and O–H groups in total. The Morgan fingerprint density at radius 2 is 2.04 bits per heavy atom. The number of anilines is 1. The zero-order valence-electron chi connectivity index (χ0n) is 14.8. The second-order valence-electron chi connectivity index (χ2n) is 6.26. The van der Waals surface area contributed by atoms with Gasteiger partial charge in [-0.2, -0.15) is 5.10 Å². The van der Waals surface area contributed by atoms with Crippen molar-refractivity contribution in [1.82, 2.24) is 15.4 Å². The maximum Gasteiger partial charge on any atom is 0.277 e. The number of aromatic nitrogens is 3. The number of nitrogens with one attached hydrogen (secondary N) is 2. The third-order valence-corrected chi connectivity index (χ3v) is 4.56. The standard InChI is InChI=1S/C11H8N4O3.C9H9Cl/c16-11(14-7-5-12-13-6-7)8-4-10(18-15-8)9-2-1-3-17-9;10-9-5-4-7-2-1-3-8(7)6-9/h1-6H,(H,12,13)(H,14,16);4-6H,1-3H2. The summed E-state index contributed by atoms with van der Waals surface area (Å²) in [5.41, 5.74) is 3.67. The summed E-state index contributed by atoms with van der Waals surface area (Å²) in [5, 5.41) is 13.5. The van der Waals surface area contributed by atoms with Gasteiger partial charge >= 0.3 is 0 Å². The lowest BCUT2D eigenvalue weighted by atomic mass is 10.1. The molecule has 1 aliphatic carbocycles. The van der Waals surface area contributed by atoms with Crippen molar-refractivity contribution in [3.8, 4) is 11.5 Å². The number of carbonyl (C=O) groups is 1. The second kappa shape index (κ2) is 8.14. The molecule has 142 valence electrons. The van der Waals surface area contributed by atoms with Gasteiger partial charge in [0.05, 0.1) is 18.1 Å². The van der Waals surface area contributed by atoms with Gasteiger partial charge in [-0.05, 0) is 54.7 Å². The van der Waals surface area contributed by atoms with Crippen LogP contribution < -0.4 is 5.32 Å². The molecule has 0 bridgehead atoms. The van der Waals surface area contributed by atoms with E-state index < -0.39 is 0 Å². The van der Waals surface area contributed by atoms with Crippen LogP contribution in [0.1, 0.15) is 28.0 Å². The summed E-state index contributed by atoms with van der Waals surface area (Å²) in [7, 11) is 0. The number of halogens is 1. The minimum atomic E-state index is -0.377. The Morgan fingerprint density at radius 1 is 1.14 bits per heavy atom. The average Bonchev–Trinajstić information content (AvgIpc) is 3.48. The van der Waals surface area contributed by atoms with Crippen molar-refractivity contribution in [1.29, 1.82) is 0 Å². The van der Waals surface area contributed by atoms with E-state index in [2.05, 4.69) is 32.8 Å². The van der Waals surface area contributed by atoms with Gasteiger partial charge in [-0.15, -0.1) is 0 Å². The number of H-pyrrole nitrogens is 1. The summed E-state index contributed by atoms with van der Waals surface area (Å²) in [5.74, 6) is 0.542. The smallest absolute Gasteiger partial charge is 0.277 e. The van der Waals surface area contributed by atoms with E-state index in [1.165, 1.54) is 48.9 Å². The van der Waals surface area contributed by atoms with Crippen molar-refractivity contribution in [2.45, 2.75) is 19.3 Å². The highest BCUT2D eigenvalue weighted by Crippen LogP contribution is 2.24. The predicted molar refractivity (Wildman–Crippen MR) is 104 cm³/mol. The third kappa shape index (κ3) is 4.15. The van der Waals surface area contributed by atoms with Crippen molar-refractivity contribution in [3.05, 3.63) is 76.9 Å². The zero-order chi connectivity index (χ0) is 19.3. The average molecular weight is 397 g/mol. The first-order valence-electron chi connectivity index (χ1n) is 8.77. The monoisotopic (exact) mass is 396 g/mol. The van der Waals surface area contributed by atoms with Gasteiger partial charge in [-0.25, -0.2) is 0 Å². The number of hydrogen-bond donors (Lipinski definition) is 2. The SMILES string of the molecule is Clc1ccc2c(c1)CCC2.O=C(Nc1cn[nH]c1)c1cc(-c2ccco2)on1. The molecular formula is C20H17ClN4O3. The number of carbonyl (C=O) groups excluding carboxylic acids is 1. The largest absolute Gasteiger partial charge is 0.461 e. The lowest BCUT2D eigenvalue weighted by Gasteiger charge is -1.96. The van der Waals surface area contributed by atoms with E-state index in [-0.39, 0.29) is 11.6 Å². The first kappa shape index (κ1) is 18.1. The molecule has 7 nitrogen and oxygen atoms in total. The summed E-state index contributed by atoms with van der Waals surface area (Å²) < 4.78 is 10.2. The topological polar surface area (TPSA) is 97.0 Å². The molecule has 1 aromatic carbocycles. The van der Waals surface area contributed by atoms with Gasteiger partial charge in [0.1, 0.15) is 0 Å². The molecule has 3 heterocycles. The van der Waals surface area contributed by atoms with E-state index in [1.54, 1.807) is 18.3 Å². The van der Waals surface area contributed by atoms with E-state index in [0.29, 0.717) is 17.2 Å². The van der Waals surface area contributed by atoms with Gasteiger partial charge in [0.2, 0.25) is 5.76 Å². The molecule has 5 rings (SSSR count). The van der Waals surface area contributed by atoms with Crippen LogP contribution in [0.15, 0.2) is 64.0 Å². The highest BCUT2D eigenvalue weighted by molar-refractivity contribution is 6.30. The molecular weight excluding hydrogens is 380 g/mol. The van der Waals surface area contributed by atoms with E-state index in [4.69, 9.17) is 20.5 Å². The molecule has 0 fully saturated rings. The zero-order valence-corrected chi connectivity index (χ0v) is 15.6. The van der Waals surface area contributed by atoms with Gasteiger partial charge < -0.3 is 14.3 Å². The molecule has 0 atom stereocenters. The lowest BCUT2D eigenvalue weighted by Crippen LogP contribution is -2.11. The Balaban J connectivity index is 0.000000162. The summed E-state index contributed by atoms with van der Waals surface area (Å²) >= 11 is 5.82. The normalized spacial score (nSPS) is 12.2. The van der Waals surface area contributed by atoms with Gasteiger partial charge in [-0.1, -0.05) is 22.8 Å². The van der Waals surface area contributed by atoms with Gasteiger partial charge in [0, 0.05) is 17.3 Å². The van der Waals surface area contributed by atoms with Crippen molar-refractivity contribution in [3.63, 3.8) is 0 Å². The van der Waals surface area contributed by atoms with E-state index >= 15 is 0 Å². The number of aryl methyl sites for hydroxylation is 2. The first-order chi connectivity index (χ1) is 13.7. The Bertz CT molecular complexity index is 1060. The van der Waals surface area contributed by atoms with Crippen LogP contribution in [0.4, 0.5) is 5.69 Å². The molecule has 4 aromatic rings. The maximum absolute atomic E-state index is 11.8. The van der Waals surface area contributed by atoms with E-state index in [9.17, 15) is 4.79 Å². The van der Waals surface area contributed by atoms with Crippen LogP contribution in [0, 0.1) is 0 Å². The molecule has 0 saturated heterocycles. The summed E-state index contributed by atoms with van der Waals surface area (Å²) in [6.45, 7) is 0. The Kier molecular flexibility index (Phi) is 5.25. The number of amides is 1. The van der Waals surface area contributed by atoms with Crippen LogP contribution >= 0.6 is 11.6 Å². The van der Waals surface area contributed by atoms with E-state index in [1.807, 2.05) is 6.07 Å². The fraction of sp³-hybridized carbons (Fsp3) is 0.150. The lowest BCUT2D eigenvalue weighted by molar-refractivity contribution is 0.101. The van der Waals surface area contributed by atoms with Gasteiger partial charge in [0.15, 0.2) is 11.5 Å². The van der Waals surface area contributed by atoms with E-state index in [0.717, 1.165) is 5.02 Å². The molecule has 1 aliphatic rings. The van der Waals surface area contributed by atoms with Crippen molar-refractivity contribution in [2.75, 3.05) is 5.32 Å². The number of nitrogens with zero attached hydrogens (tertiary/aromatic N) is 2. The van der Waals surface area contributed by atoms with Crippen LogP contribution in [-0.4, -0.2) is 21.3 Å². The van der Waals surface area contributed by atoms with Crippen LogP contribution in [0.25, 0.3) is 11.5 Å². The highest BCUT2D eigenvalue weighted by atomic mass is 35.5. The first-order valence-corrected chi connectivity index (χ1v) is 9.15. The fourth-order valence-corrected chi connectivity index (χ4v) is 3.17. The number of furan rings is 1. The number of benzene rings is 1. The Morgan fingerprint density at radius 3 is 2.82 bits per heavy atom. The molecule has 28 heavy (non-hydrogen) atoms. The van der Waals surface area contributed by atoms with Crippen molar-refractivity contribution < 1.29 is 13.7 Å². The molecule has 0 spiro atoms. The molecule has 3 aromatic heterocycles. The van der Waals surface area contributed by atoms with Crippen LogP contribution in [0.5, 0.6) is 0 Å². The van der Waals surface area contributed by atoms with Gasteiger partial charge in [-0.3, -0.25) is 9.89 Å². The summed E-state index contributed by atoms with van der Waals surface area (Å²) in [4.78, 5) is 11.8. The Labute approximate surface area is 165 Å². The Hall–Kier alpha value is -3.32. The molecule has 0 aliphatic heterocycles. The predicted octanol–water partition coefficient (Wildman–Crippen LogP) is 4.74. The molecule has 8 heteroatoms. The molecule has 0 unspecified atom stereocenters. The maximum atomic E-state index is 11.8. The van der Waals surface area contributed by atoms with Crippen LogP contribution in [-0.2, 0) is 12.8 Å². The number of fused-ring (bicyclic) bond motifs is 1. The minimum absolute atomic E-state index is 0.169. The molecule has 0 radical (unpaired) electrons. The van der Waals surface area contributed by atoms with Crippen molar-refractivity contribution in [2.24, 2.45) is 0 Å². The van der Waals surface area contributed by atoms with Crippen LogP contribution in [0.3, 0.4) is 0 Å². The summed E-state index contributed by atoms with van der Waals surface area (Å²) in [6, 6.07) is 11.2. The number of aromatic amines is 1. The molecule has 0 saturated carbocycles. The van der Waals surface area contributed by atoms with Gasteiger partial charge in [0.25, 0.3) is 5.91 Å². The minimum Gasteiger partial charge on any atom is -0.461 e. The highest BCUT2D eigenvalue weighted by Gasteiger charge is 2.15. The van der Waals surface area contributed by atoms with Crippen LogP contribution in [0.2, 0.25) is 5.02 Å².